The van der Waals surface area contributed by atoms with E-state index in [4.69, 9.17) is 10.2 Å². The zero-order valence-electron chi connectivity index (χ0n) is 11.5. The summed E-state index contributed by atoms with van der Waals surface area (Å²) in [6.07, 6.45) is -0.212. The molecule has 0 spiro atoms. The van der Waals surface area contributed by atoms with Crippen LogP contribution >= 0.6 is 0 Å². The highest BCUT2D eigenvalue weighted by atomic mass is 16.5. The van der Waals surface area contributed by atoms with Gasteiger partial charge in [0.2, 0.25) is 0 Å². The number of hydrogen-bond acceptors (Lipinski definition) is 5. The Hall–Kier alpha value is -2.41. The Bertz CT molecular complexity index is 511. The number of hydrogen-bond donors (Lipinski definition) is 3. The Morgan fingerprint density at radius 3 is 2.29 bits per heavy atom. The van der Waals surface area contributed by atoms with E-state index in [1.54, 1.807) is 24.3 Å². The lowest BCUT2D eigenvalue weighted by molar-refractivity contribution is -0.140. The lowest BCUT2D eigenvalue weighted by Gasteiger charge is -2.13. The van der Waals surface area contributed by atoms with Crippen molar-refractivity contribution in [3.8, 4) is 0 Å². The van der Waals surface area contributed by atoms with Crippen LogP contribution in [0.25, 0.3) is 0 Å². The zero-order chi connectivity index (χ0) is 15.8. The van der Waals surface area contributed by atoms with Crippen LogP contribution in [0.2, 0.25) is 0 Å². The van der Waals surface area contributed by atoms with Crippen LogP contribution in [0.5, 0.6) is 0 Å². The van der Waals surface area contributed by atoms with Crippen molar-refractivity contribution in [1.29, 1.82) is 0 Å². The SMILES string of the molecule is COC(=O)c1ccc(CNC(CCC(=O)O)C(=O)O)cc1. The molecule has 114 valence electrons. The number of ether oxygens (including phenoxy) is 1. The molecule has 0 saturated carbocycles. The maximum Gasteiger partial charge on any atom is 0.337 e. The van der Waals surface area contributed by atoms with E-state index in [1.165, 1.54) is 7.11 Å². The maximum atomic E-state index is 11.3. The molecule has 0 saturated heterocycles. The lowest BCUT2D eigenvalue weighted by Crippen LogP contribution is -2.36. The number of nitrogens with one attached hydrogen (secondary N) is 1. The monoisotopic (exact) mass is 295 g/mol. The van der Waals surface area contributed by atoms with Crippen molar-refractivity contribution in [3.05, 3.63) is 35.4 Å². The minimum Gasteiger partial charge on any atom is -0.481 e. The first-order valence-electron chi connectivity index (χ1n) is 6.29. The van der Waals surface area contributed by atoms with Crippen molar-refractivity contribution < 1.29 is 29.3 Å². The average molecular weight is 295 g/mol. The van der Waals surface area contributed by atoms with Gasteiger partial charge >= 0.3 is 17.9 Å². The van der Waals surface area contributed by atoms with Crippen LogP contribution in [0.3, 0.4) is 0 Å². The number of methoxy groups -OCH3 is 1. The molecular weight excluding hydrogens is 278 g/mol. The molecule has 0 aromatic heterocycles. The Morgan fingerprint density at radius 2 is 1.81 bits per heavy atom. The third kappa shape index (κ3) is 5.62. The second kappa shape index (κ2) is 8.01. The molecule has 0 bridgehead atoms. The smallest absolute Gasteiger partial charge is 0.337 e. The van der Waals surface area contributed by atoms with Gasteiger partial charge in [-0.15, -0.1) is 0 Å². The molecule has 1 unspecified atom stereocenters. The van der Waals surface area contributed by atoms with Gasteiger partial charge < -0.3 is 20.3 Å². The molecule has 1 atom stereocenters. The average Bonchev–Trinajstić information content (AvgIpc) is 2.46. The fourth-order valence-corrected chi connectivity index (χ4v) is 1.70. The molecule has 0 aliphatic heterocycles. The van der Waals surface area contributed by atoms with Crippen molar-refractivity contribution in [2.45, 2.75) is 25.4 Å². The molecule has 1 aromatic carbocycles. The van der Waals surface area contributed by atoms with E-state index in [1.807, 2.05) is 0 Å². The van der Waals surface area contributed by atoms with Gasteiger partial charge in [-0.25, -0.2) is 4.79 Å². The first kappa shape index (κ1) is 16.6. The van der Waals surface area contributed by atoms with Gasteiger partial charge in [0.15, 0.2) is 0 Å². The predicted molar refractivity (Wildman–Crippen MR) is 72.9 cm³/mol. The van der Waals surface area contributed by atoms with E-state index in [2.05, 4.69) is 10.1 Å². The number of carbonyl (C=O) groups is 3. The van der Waals surface area contributed by atoms with Crippen molar-refractivity contribution in [2.24, 2.45) is 0 Å². The second-order valence-electron chi connectivity index (χ2n) is 4.39. The fourth-order valence-electron chi connectivity index (χ4n) is 1.70. The fraction of sp³-hybridized carbons (Fsp3) is 0.357. The molecule has 0 amide bonds. The lowest BCUT2D eigenvalue weighted by atomic mass is 10.1. The van der Waals surface area contributed by atoms with Crippen LogP contribution in [0.1, 0.15) is 28.8 Å². The highest BCUT2D eigenvalue weighted by Crippen LogP contribution is 2.07. The highest BCUT2D eigenvalue weighted by molar-refractivity contribution is 5.89. The van der Waals surface area contributed by atoms with E-state index in [-0.39, 0.29) is 19.4 Å². The molecule has 7 nitrogen and oxygen atoms in total. The van der Waals surface area contributed by atoms with Crippen LogP contribution < -0.4 is 5.32 Å². The summed E-state index contributed by atoms with van der Waals surface area (Å²) in [6.45, 7) is 0.262. The largest absolute Gasteiger partial charge is 0.481 e. The Labute approximate surface area is 121 Å². The summed E-state index contributed by atoms with van der Waals surface area (Å²) in [6, 6.07) is 5.58. The summed E-state index contributed by atoms with van der Waals surface area (Å²) in [4.78, 5) is 32.7. The summed E-state index contributed by atoms with van der Waals surface area (Å²) in [7, 11) is 1.29. The van der Waals surface area contributed by atoms with Crippen LogP contribution in [0.4, 0.5) is 0 Å². The van der Waals surface area contributed by atoms with Crippen molar-refractivity contribution in [1.82, 2.24) is 5.32 Å². The van der Waals surface area contributed by atoms with Gasteiger partial charge in [-0.3, -0.25) is 9.59 Å². The highest BCUT2D eigenvalue weighted by Gasteiger charge is 2.17. The quantitative estimate of drug-likeness (QED) is 0.610. The van der Waals surface area contributed by atoms with Crippen LogP contribution in [0, 0.1) is 0 Å². The molecule has 0 fully saturated rings. The third-order valence-electron chi connectivity index (χ3n) is 2.87. The topological polar surface area (TPSA) is 113 Å². The number of esters is 1. The number of carboxylic acids is 2. The summed E-state index contributed by atoms with van der Waals surface area (Å²) in [5.74, 6) is -2.58. The minimum absolute atomic E-state index is 0.00487. The van der Waals surface area contributed by atoms with E-state index in [9.17, 15) is 14.4 Å². The first-order valence-corrected chi connectivity index (χ1v) is 6.29. The Balaban J connectivity index is 2.57. The van der Waals surface area contributed by atoms with E-state index < -0.39 is 23.9 Å². The van der Waals surface area contributed by atoms with Crippen LogP contribution in [-0.2, 0) is 20.9 Å². The molecule has 1 rings (SSSR count). The van der Waals surface area contributed by atoms with Crippen LogP contribution in [0.15, 0.2) is 24.3 Å². The van der Waals surface area contributed by atoms with Gasteiger partial charge in [0.05, 0.1) is 12.7 Å². The van der Waals surface area contributed by atoms with Gasteiger partial charge in [-0.05, 0) is 24.1 Å². The zero-order valence-corrected chi connectivity index (χ0v) is 11.5. The molecule has 0 radical (unpaired) electrons. The van der Waals surface area contributed by atoms with E-state index in [0.29, 0.717) is 5.56 Å². The molecular formula is C14H17NO6. The number of rotatable bonds is 8. The summed E-state index contributed by atoms with van der Waals surface area (Å²) < 4.78 is 4.57. The molecule has 0 heterocycles. The molecule has 0 aliphatic rings. The third-order valence-corrected chi connectivity index (χ3v) is 2.87. The summed E-state index contributed by atoms with van der Waals surface area (Å²) in [5.41, 5.74) is 1.19. The van der Waals surface area contributed by atoms with Gasteiger partial charge in [0.1, 0.15) is 6.04 Å². The maximum absolute atomic E-state index is 11.3. The normalized spacial score (nSPS) is 11.7. The minimum atomic E-state index is -1.09. The number of aliphatic carboxylic acids is 2. The van der Waals surface area contributed by atoms with Crippen molar-refractivity contribution >= 4 is 17.9 Å². The van der Waals surface area contributed by atoms with Crippen molar-refractivity contribution in [3.63, 3.8) is 0 Å². The first-order chi connectivity index (χ1) is 9.93. The summed E-state index contributed by atoms with van der Waals surface area (Å²) in [5, 5.41) is 20.3. The van der Waals surface area contributed by atoms with Crippen LogP contribution in [-0.4, -0.2) is 41.3 Å². The molecule has 7 heteroatoms. The standard InChI is InChI=1S/C14H17NO6/c1-21-14(20)10-4-2-9(3-5-10)8-15-11(13(18)19)6-7-12(16)17/h2-5,11,15H,6-8H2,1H3,(H,16,17)(H,18,19). The number of carbonyl (C=O) groups excluding carboxylic acids is 1. The number of carboxylic acid groups (broad SMARTS) is 2. The van der Waals surface area contributed by atoms with Crippen molar-refractivity contribution in [2.75, 3.05) is 7.11 Å². The van der Waals surface area contributed by atoms with Gasteiger partial charge in [0.25, 0.3) is 0 Å². The summed E-state index contributed by atoms with van der Waals surface area (Å²) >= 11 is 0. The predicted octanol–water partition coefficient (Wildman–Crippen LogP) is 0.881. The molecule has 1 aromatic rings. The second-order valence-corrected chi connectivity index (χ2v) is 4.39. The van der Waals surface area contributed by atoms with Gasteiger partial charge in [0, 0.05) is 13.0 Å². The Morgan fingerprint density at radius 1 is 1.19 bits per heavy atom. The Kier molecular flexibility index (Phi) is 6.35. The molecule has 3 N–H and O–H groups in total. The van der Waals surface area contributed by atoms with E-state index >= 15 is 0 Å². The van der Waals surface area contributed by atoms with E-state index in [0.717, 1.165) is 5.56 Å². The van der Waals surface area contributed by atoms with Gasteiger partial charge in [-0.1, -0.05) is 12.1 Å². The molecule has 0 aliphatic carbocycles. The number of benzene rings is 1. The van der Waals surface area contributed by atoms with Gasteiger partial charge in [-0.2, -0.15) is 0 Å². The molecule has 21 heavy (non-hydrogen) atoms.